The highest BCUT2D eigenvalue weighted by molar-refractivity contribution is 5.77. The Kier molecular flexibility index (Phi) is 7.27. The van der Waals surface area contributed by atoms with Crippen molar-refractivity contribution in [2.45, 2.75) is 87.2 Å². The van der Waals surface area contributed by atoms with Crippen molar-refractivity contribution in [2.75, 3.05) is 0 Å². The molecule has 0 aliphatic rings. The van der Waals surface area contributed by atoms with Gasteiger partial charge in [0.15, 0.2) is 0 Å². The smallest absolute Gasteiger partial charge is 0.312 e. The molecule has 0 rings (SSSR count). The summed E-state index contributed by atoms with van der Waals surface area (Å²) in [5.41, 5.74) is -0.763. The van der Waals surface area contributed by atoms with E-state index in [-0.39, 0.29) is 17.0 Å². The molecule has 0 aromatic heterocycles. The van der Waals surface area contributed by atoms with Gasteiger partial charge in [-0.3, -0.25) is 4.79 Å². The molecule has 0 radical (unpaired) electrons. The minimum Gasteiger partial charge on any atom is -0.458 e. The number of esters is 1. The predicted molar refractivity (Wildman–Crippen MR) is 86.6 cm³/mol. The first kappa shape index (κ1) is 19.5. The summed E-state index contributed by atoms with van der Waals surface area (Å²) in [5, 5.41) is 0. The van der Waals surface area contributed by atoms with E-state index in [9.17, 15) is 4.79 Å². The zero-order valence-corrected chi connectivity index (χ0v) is 15.2. The van der Waals surface area contributed by atoms with Crippen LogP contribution in [-0.2, 0) is 9.53 Å². The standard InChI is InChI=1S/C18H36O2/c1-10-11-12-17(8,13(2)3)16(19)20-18(9,14(4)5)15(6)7/h13-15H,10-12H2,1-9H3. The topological polar surface area (TPSA) is 26.3 Å². The third-order valence-electron chi connectivity index (χ3n) is 5.40. The summed E-state index contributed by atoms with van der Waals surface area (Å²) in [6.45, 7) is 19.1. The molecule has 2 heteroatoms. The Balaban J connectivity index is 5.19. The van der Waals surface area contributed by atoms with Crippen molar-refractivity contribution in [3.8, 4) is 0 Å². The van der Waals surface area contributed by atoms with Gasteiger partial charge in [0, 0.05) is 0 Å². The van der Waals surface area contributed by atoms with E-state index in [0.717, 1.165) is 19.3 Å². The van der Waals surface area contributed by atoms with E-state index in [0.29, 0.717) is 17.8 Å². The van der Waals surface area contributed by atoms with Gasteiger partial charge in [0.1, 0.15) is 5.60 Å². The first-order chi connectivity index (χ1) is 9.02. The number of ether oxygens (including phenoxy) is 1. The Morgan fingerprint density at radius 1 is 0.950 bits per heavy atom. The molecule has 0 fully saturated rings. The molecule has 0 saturated carbocycles. The fourth-order valence-electron chi connectivity index (χ4n) is 2.39. The van der Waals surface area contributed by atoms with Crippen molar-refractivity contribution >= 4 is 5.97 Å². The Morgan fingerprint density at radius 2 is 1.40 bits per heavy atom. The molecule has 1 atom stereocenters. The van der Waals surface area contributed by atoms with Crippen molar-refractivity contribution in [1.29, 1.82) is 0 Å². The first-order valence-electron chi connectivity index (χ1n) is 8.25. The third kappa shape index (κ3) is 4.23. The maximum Gasteiger partial charge on any atom is 0.312 e. The van der Waals surface area contributed by atoms with Gasteiger partial charge in [-0.1, -0.05) is 61.3 Å². The van der Waals surface area contributed by atoms with Gasteiger partial charge in [-0.25, -0.2) is 0 Å². The maximum absolute atomic E-state index is 12.8. The minimum absolute atomic E-state index is 0.0224. The molecule has 120 valence electrons. The number of rotatable bonds is 8. The summed E-state index contributed by atoms with van der Waals surface area (Å²) in [4.78, 5) is 12.8. The zero-order chi connectivity index (χ0) is 16.1. The van der Waals surface area contributed by atoms with Gasteiger partial charge in [0.05, 0.1) is 5.41 Å². The van der Waals surface area contributed by atoms with Crippen LogP contribution in [0.2, 0.25) is 0 Å². The molecule has 0 aromatic carbocycles. The average Bonchev–Trinajstić information content (AvgIpc) is 2.34. The fraction of sp³-hybridized carbons (Fsp3) is 0.944. The number of carbonyl (C=O) groups is 1. The number of carbonyl (C=O) groups excluding carboxylic acids is 1. The van der Waals surface area contributed by atoms with E-state index in [4.69, 9.17) is 4.74 Å². The van der Waals surface area contributed by atoms with E-state index in [1.54, 1.807) is 0 Å². The first-order valence-corrected chi connectivity index (χ1v) is 8.25. The van der Waals surface area contributed by atoms with Gasteiger partial charge in [-0.15, -0.1) is 0 Å². The molecule has 0 spiro atoms. The van der Waals surface area contributed by atoms with Crippen LogP contribution in [0.1, 0.15) is 81.6 Å². The Labute approximate surface area is 126 Å². The lowest BCUT2D eigenvalue weighted by Crippen LogP contribution is -2.47. The second-order valence-electron chi connectivity index (χ2n) is 7.56. The van der Waals surface area contributed by atoms with Crippen LogP contribution in [0.3, 0.4) is 0 Å². The minimum atomic E-state index is -0.389. The molecule has 0 aliphatic heterocycles. The van der Waals surface area contributed by atoms with Crippen molar-refractivity contribution in [3.63, 3.8) is 0 Å². The zero-order valence-electron chi connectivity index (χ0n) is 15.2. The molecule has 0 aliphatic carbocycles. The van der Waals surface area contributed by atoms with Crippen LogP contribution in [0.4, 0.5) is 0 Å². The molecule has 0 bridgehead atoms. The van der Waals surface area contributed by atoms with Crippen LogP contribution in [0.15, 0.2) is 0 Å². The van der Waals surface area contributed by atoms with Crippen LogP contribution >= 0.6 is 0 Å². The van der Waals surface area contributed by atoms with Crippen LogP contribution in [-0.4, -0.2) is 11.6 Å². The van der Waals surface area contributed by atoms with Crippen molar-refractivity contribution < 1.29 is 9.53 Å². The fourth-order valence-corrected chi connectivity index (χ4v) is 2.39. The summed E-state index contributed by atoms with van der Waals surface area (Å²) in [6, 6.07) is 0. The van der Waals surface area contributed by atoms with Crippen LogP contribution < -0.4 is 0 Å². The van der Waals surface area contributed by atoms with Crippen LogP contribution in [0, 0.1) is 23.2 Å². The summed E-state index contributed by atoms with van der Waals surface area (Å²) < 4.78 is 6.05. The van der Waals surface area contributed by atoms with Gasteiger partial charge in [-0.05, 0) is 38.0 Å². The second kappa shape index (κ2) is 7.47. The van der Waals surface area contributed by atoms with Gasteiger partial charge in [0.2, 0.25) is 0 Å². The second-order valence-corrected chi connectivity index (χ2v) is 7.56. The molecular formula is C18H36O2. The molecule has 0 aromatic rings. The number of hydrogen-bond donors (Lipinski definition) is 0. The summed E-state index contributed by atoms with van der Waals surface area (Å²) in [5.74, 6) is 0.902. The number of hydrogen-bond acceptors (Lipinski definition) is 2. The van der Waals surface area contributed by atoms with E-state index in [1.165, 1.54) is 0 Å². The largest absolute Gasteiger partial charge is 0.458 e. The summed E-state index contributed by atoms with van der Waals surface area (Å²) in [6.07, 6.45) is 3.09. The summed E-state index contributed by atoms with van der Waals surface area (Å²) in [7, 11) is 0. The Hall–Kier alpha value is -0.530. The maximum atomic E-state index is 12.8. The monoisotopic (exact) mass is 284 g/mol. The average molecular weight is 284 g/mol. The summed E-state index contributed by atoms with van der Waals surface area (Å²) >= 11 is 0. The van der Waals surface area contributed by atoms with Gasteiger partial charge in [0.25, 0.3) is 0 Å². The van der Waals surface area contributed by atoms with E-state index < -0.39 is 0 Å². The third-order valence-corrected chi connectivity index (χ3v) is 5.40. The highest BCUT2D eigenvalue weighted by atomic mass is 16.6. The van der Waals surface area contributed by atoms with Crippen molar-refractivity contribution in [2.24, 2.45) is 23.2 Å². The molecule has 1 unspecified atom stereocenters. The SMILES string of the molecule is CCCCC(C)(C(=O)OC(C)(C(C)C)C(C)C)C(C)C. The van der Waals surface area contributed by atoms with Crippen molar-refractivity contribution in [1.82, 2.24) is 0 Å². The quantitative estimate of drug-likeness (QED) is 0.554. The van der Waals surface area contributed by atoms with E-state index in [2.05, 4.69) is 62.3 Å². The van der Waals surface area contributed by atoms with E-state index in [1.807, 2.05) is 0 Å². The van der Waals surface area contributed by atoms with Crippen LogP contribution in [0.5, 0.6) is 0 Å². The normalized spacial score (nSPS) is 15.8. The molecule has 0 saturated heterocycles. The lowest BCUT2D eigenvalue weighted by atomic mass is 9.74. The lowest BCUT2D eigenvalue weighted by Gasteiger charge is -2.41. The highest BCUT2D eigenvalue weighted by Crippen LogP contribution is 2.38. The molecule has 0 N–H and O–H groups in total. The van der Waals surface area contributed by atoms with Crippen LogP contribution in [0.25, 0.3) is 0 Å². The number of unbranched alkanes of at least 4 members (excludes halogenated alkanes) is 1. The lowest BCUT2D eigenvalue weighted by molar-refractivity contribution is -0.184. The molecule has 0 amide bonds. The molecular weight excluding hydrogens is 248 g/mol. The predicted octanol–water partition coefficient (Wildman–Crippen LogP) is 5.45. The highest BCUT2D eigenvalue weighted by Gasteiger charge is 2.43. The molecule has 2 nitrogen and oxygen atoms in total. The Bertz CT molecular complexity index is 297. The Morgan fingerprint density at radius 3 is 1.70 bits per heavy atom. The molecule has 20 heavy (non-hydrogen) atoms. The van der Waals surface area contributed by atoms with Gasteiger partial charge in [-0.2, -0.15) is 0 Å². The van der Waals surface area contributed by atoms with E-state index >= 15 is 0 Å². The van der Waals surface area contributed by atoms with Gasteiger partial charge < -0.3 is 4.74 Å². The van der Waals surface area contributed by atoms with Gasteiger partial charge >= 0.3 is 5.97 Å². The van der Waals surface area contributed by atoms with Crippen molar-refractivity contribution in [3.05, 3.63) is 0 Å². The molecule has 0 heterocycles.